The molecule has 1 saturated carbocycles. The second-order valence-corrected chi connectivity index (χ2v) is 8.18. The first kappa shape index (κ1) is 18.9. The zero-order chi connectivity index (χ0) is 19.5. The van der Waals surface area contributed by atoms with Gasteiger partial charge < -0.3 is 15.0 Å². The molecule has 2 aromatic rings. The predicted octanol–water partition coefficient (Wildman–Crippen LogP) is 3.88. The maximum Gasteiger partial charge on any atom is 0.253 e. The molecule has 2 aliphatic rings. The molecule has 1 aromatic carbocycles. The van der Waals surface area contributed by atoms with Crippen LogP contribution in [0.1, 0.15) is 36.0 Å². The van der Waals surface area contributed by atoms with Crippen LogP contribution in [0.25, 0.3) is 0 Å². The van der Waals surface area contributed by atoms with E-state index >= 15 is 0 Å². The lowest BCUT2D eigenvalue weighted by molar-refractivity contribution is -0.117. The summed E-state index contributed by atoms with van der Waals surface area (Å²) in [6.07, 6.45) is 5.15. The van der Waals surface area contributed by atoms with Gasteiger partial charge in [0.2, 0.25) is 11.8 Å². The number of halogens is 1. The van der Waals surface area contributed by atoms with Crippen molar-refractivity contribution in [1.29, 1.82) is 0 Å². The molecule has 1 aromatic heterocycles. The Bertz CT molecular complexity index is 842. The lowest BCUT2D eigenvalue weighted by Gasteiger charge is -2.32. The minimum atomic E-state index is 0.0355. The van der Waals surface area contributed by atoms with Gasteiger partial charge in [0.1, 0.15) is 6.10 Å². The summed E-state index contributed by atoms with van der Waals surface area (Å²) in [5.41, 5.74) is 1.40. The van der Waals surface area contributed by atoms with E-state index in [0.717, 1.165) is 30.2 Å². The van der Waals surface area contributed by atoms with Crippen LogP contribution < -0.4 is 10.1 Å². The molecule has 2 fully saturated rings. The summed E-state index contributed by atoms with van der Waals surface area (Å²) < 4.78 is 6.92. The first-order valence-corrected chi connectivity index (χ1v) is 10.4. The fourth-order valence-corrected chi connectivity index (χ4v) is 3.50. The highest BCUT2D eigenvalue weighted by molar-refractivity contribution is 9.10. The number of carbonyl (C=O) groups is 2. The molecule has 1 aliphatic carbocycles. The van der Waals surface area contributed by atoms with Crippen molar-refractivity contribution >= 4 is 33.4 Å². The van der Waals surface area contributed by atoms with Crippen LogP contribution in [-0.2, 0) is 4.79 Å². The van der Waals surface area contributed by atoms with E-state index in [0.29, 0.717) is 30.2 Å². The molecule has 6 nitrogen and oxygen atoms in total. The molecule has 0 spiro atoms. The van der Waals surface area contributed by atoms with E-state index < -0.39 is 0 Å². The van der Waals surface area contributed by atoms with Gasteiger partial charge in [-0.05, 0) is 43.2 Å². The van der Waals surface area contributed by atoms with E-state index in [2.05, 4.69) is 26.2 Å². The van der Waals surface area contributed by atoms with E-state index in [9.17, 15) is 9.59 Å². The lowest BCUT2D eigenvalue weighted by Crippen LogP contribution is -2.41. The summed E-state index contributed by atoms with van der Waals surface area (Å²) in [5.74, 6) is 0.835. The Balaban J connectivity index is 1.26. The third-order valence-electron chi connectivity index (χ3n) is 5.06. The minimum Gasteiger partial charge on any atom is -0.474 e. The van der Waals surface area contributed by atoms with Crippen LogP contribution in [-0.4, -0.2) is 40.9 Å². The molecule has 0 bridgehead atoms. The topological polar surface area (TPSA) is 71.5 Å². The van der Waals surface area contributed by atoms with Crippen LogP contribution >= 0.6 is 15.9 Å². The number of ether oxygens (including phenoxy) is 1. The van der Waals surface area contributed by atoms with Crippen molar-refractivity contribution in [2.24, 2.45) is 5.92 Å². The molecule has 28 heavy (non-hydrogen) atoms. The Morgan fingerprint density at radius 2 is 1.75 bits per heavy atom. The fraction of sp³-hybridized carbons (Fsp3) is 0.381. The summed E-state index contributed by atoms with van der Waals surface area (Å²) in [7, 11) is 0. The number of rotatable bonds is 5. The fourth-order valence-electron chi connectivity index (χ4n) is 3.24. The van der Waals surface area contributed by atoms with Gasteiger partial charge >= 0.3 is 0 Å². The van der Waals surface area contributed by atoms with Crippen molar-refractivity contribution in [2.45, 2.75) is 31.8 Å². The normalized spacial score (nSPS) is 17.2. The minimum absolute atomic E-state index is 0.0355. The standard InChI is InChI=1S/C21H22BrN3O3/c22-16-5-3-15(4-6-16)21(27)25-11-9-18(10-12-25)28-19-8-7-17(13-23-19)24-20(26)14-1-2-14/h3-8,13-14,18H,1-2,9-12H2,(H,24,26). The van der Waals surface area contributed by atoms with Crippen molar-refractivity contribution < 1.29 is 14.3 Å². The number of carbonyl (C=O) groups excluding carboxylic acids is 2. The van der Waals surface area contributed by atoms with Gasteiger partial charge in [-0.25, -0.2) is 4.98 Å². The first-order valence-electron chi connectivity index (χ1n) is 9.57. The summed E-state index contributed by atoms with van der Waals surface area (Å²) in [5, 5.41) is 2.87. The van der Waals surface area contributed by atoms with E-state index in [4.69, 9.17) is 4.74 Å². The SMILES string of the molecule is O=C(Nc1ccc(OC2CCN(C(=O)c3ccc(Br)cc3)CC2)nc1)C1CC1. The van der Waals surface area contributed by atoms with Crippen molar-refractivity contribution in [1.82, 2.24) is 9.88 Å². The van der Waals surface area contributed by atoms with Gasteiger partial charge in [-0.2, -0.15) is 0 Å². The van der Waals surface area contributed by atoms with Gasteiger partial charge in [-0.1, -0.05) is 15.9 Å². The van der Waals surface area contributed by atoms with Crippen LogP contribution in [0.15, 0.2) is 47.1 Å². The Labute approximate surface area is 172 Å². The highest BCUT2D eigenvalue weighted by Crippen LogP contribution is 2.30. The van der Waals surface area contributed by atoms with E-state index in [1.807, 2.05) is 35.2 Å². The average molecular weight is 444 g/mol. The Hall–Kier alpha value is -2.41. The second-order valence-electron chi connectivity index (χ2n) is 7.26. The Morgan fingerprint density at radius 1 is 1.04 bits per heavy atom. The van der Waals surface area contributed by atoms with Crippen molar-refractivity contribution in [3.63, 3.8) is 0 Å². The number of hydrogen-bond donors (Lipinski definition) is 1. The molecule has 0 unspecified atom stereocenters. The third kappa shape index (κ3) is 4.70. The molecule has 4 rings (SSSR count). The number of likely N-dealkylation sites (tertiary alicyclic amines) is 1. The van der Waals surface area contributed by atoms with E-state index in [-0.39, 0.29) is 23.8 Å². The number of benzene rings is 1. The highest BCUT2D eigenvalue weighted by Gasteiger charge is 2.29. The number of amides is 2. The number of nitrogens with one attached hydrogen (secondary N) is 1. The lowest BCUT2D eigenvalue weighted by atomic mass is 10.1. The molecule has 2 amide bonds. The summed E-state index contributed by atoms with van der Waals surface area (Å²) >= 11 is 3.39. The first-order chi connectivity index (χ1) is 13.6. The molecular formula is C21H22BrN3O3. The van der Waals surface area contributed by atoms with Crippen LogP contribution in [0.2, 0.25) is 0 Å². The van der Waals surface area contributed by atoms with E-state index in [1.54, 1.807) is 12.3 Å². The molecule has 2 heterocycles. The van der Waals surface area contributed by atoms with Gasteiger partial charge in [0, 0.05) is 48.0 Å². The van der Waals surface area contributed by atoms with Gasteiger partial charge in [0.25, 0.3) is 5.91 Å². The van der Waals surface area contributed by atoms with E-state index in [1.165, 1.54) is 0 Å². The molecule has 1 aliphatic heterocycles. The smallest absolute Gasteiger partial charge is 0.253 e. The Kier molecular flexibility index (Phi) is 5.62. The number of pyridine rings is 1. The van der Waals surface area contributed by atoms with Crippen LogP contribution in [0.4, 0.5) is 5.69 Å². The number of hydrogen-bond acceptors (Lipinski definition) is 4. The zero-order valence-electron chi connectivity index (χ0n) is 15.4. The molecule has 1 saturated heterocycles. The molecule has 0 radical (unpaired) electrons. The molecule has 7 heteroatoms. The number of aromatic nitrogens is 1. The molecular weight excluding hydrogens is 422 g/mol. The third-order valence-corrected chi connectivity index (χ3v) is 5.59. The van der Waals surface area contributed by atoms with Crippen LogP contribution in [0.3, 0.4) is 0 Å². The summed E-state index contributed by atoms with van der Waals surface area (Å²) in [4.78, 5) is 30.5. The second kappa shape index (κ2) is 8.31. The van der Waals surface area contributed by atoms with Gasteiger partial charge in [0.05, 0.1) is 11.9 Å². The molecule has 1 N–H and O–H groups in total. The van der Waals surface area contributed by atoms with Crippen molar-refractivity contribution in [3.8, 4) is 5.88 Å². The summed E-state index contributed by atoms with van der Waals surface area (Å²) in [6.45, 7) is 1.32. The van der Waals surface area contributed by atoms with Gasteiger partial charge in [0.15, 0.2) is 0 Å². The van der Waals surface area contributed by atoms with Gasteiger partial charge in [-0.3, -0.25) is 9.59 Å². The predicted molar refractivity (Wildman–Crippen MR) is 109 cm³/mol. The maximum atomic E-state index is 12.6. The van der Waals surface area contributed by atoms with Crippen LogP contribution in [0.5, 0.6) is 5.88 Å². The highest BCUT2D eigenvalue weighted by atomic mass is 79.9. The maximum absolute atomic E-state index is 12.6. The monoisotopic (exact) mass is 443 g/mol. The van der Waals surface area contributed by atoms with Gasteiger partial charge in [-0.15, -0.1) is 0 Å². The molecule has 146 valence electrons. The van der Waals surface area contributed by atoms with Crippen molar-refractivity contribution in [2.75, 3.05) is 18.4 Å². The Morgan fingerprint density at radius 3 is 2.36 bits per heavy atom. The van der Waals surface area contributed by atoms with Crippen LogP contribution in [0, 0.1) is 5.92 Å². The number of nitrogens with zero attached hydrogens (tertiary/aromatic N) is 2. The zero-order valence-corrected chi connectivity index (χ0v) is 17.0. The number of anilines is 1. The number of piperidine rings is 1. The largest absolute Gasteiger partial charge is 0.474 e. The quantitative estimate of drug-likeness (QED) is 0.760. The van der Waals surface area contributed by atoms with Crippen molar-refractivity contribution in [3.05, 3.63) is 52.6 Å². The average Bonchev–Trinajstić information content (AvgIpc) is 3.56. The summed E-state index contributed by atoms with van der Waals surface area (Å²) in [6, 6.07) is 11.0. The molecule has 0 atom stereocenters.